The minimum atomic E-state index is -0.647. The fraction of sp³-hybridized carbons (Fsp3) is 1.00. The molecule has 2 atom stereocenters. The summed E-state index contributed by atoms with van der Waals surface area (Å²) in [7, 11) is 0. The number of aliphatic hydroxyl groups is 2. The SMILES string of the molecule is CCOC1(OCC)CC(CO)C1CO. The van der Waals surface area contributed by atoms with Crippen molar-refractivity contribution in [1.82, 2.24) is 0 Å². The van der Waals surface area contributed by atoms with Gasteiger partial charge < -0.3 is 19.7 Å². The van der Waals surface area contributed by atoms with Crippen LogP contribution in [0, 0.1) is 11.8 Å². The highest BCUT2D eigenvalue weighted by atomic mass is 16.7. The average Bonchev–Trinajstić information content (AvgIpc) is 2.15. The van der Waals surface area contributed by atoms with Crippen molar-refractivity contribution in [3.05, 3.63) is 0 Å². The second-order valence-electron chi connectivity index (χ2n) is 3.61. The first kappa shape index (κ1) is 11.9. The Balaban J connectivity index is 2.60. The molecule has 0 aromatic heterocycles. The standard InChI is InChI=1S/C10H20O4/c1-3-13-10(14-4-2)5-8(6-11)9(10)7-12/h8-9,11-12H,3-7H2,1-2H3. The van der Waals surface area contributed by atoms with Crippen LogP contribution in [0.15, 0.2) is 0 Å². The molecule has 0 radical (unpaired) electrons. The van der Waals surface area contributed by atoms with Gasteiger partial charge >= 0.3 is 0 Å². The molecule has 0 amide bonds. The first-order chi connectivity index (χ1) is 6.74. The molecule has 1 aliphatic rings. The van der Waals surface area contributed by atoms with E-state index < -0.39 is 5.79 Å². The summed E-state index contributed by atoms with van der Waals surface area (Å²) in [5.41, 5.74) is 0. The predicted octanol–water partition coefficient (Wildman–Crippen LogP) is 0.376. The van der Waals surface area contributed by atoms with Crippen LogP contribution < -0.4 is 0 Å². The van der Waals surface area contributed by atoms with Crippen LogP contribution in [0.4, 0.5) is 0 Å². The molecule has 4 nitrogen and oxygen atoms in total. The van der Waals surface area contributed by atoms with Crippen LogP contribution in [-0.2, 0) is 9.47 Å². The van der Waals surface area contributed by atoms with Crippen LogP contribution in [-0.4, -0.2) is 42.4 Å². The maximum Gasteiger partial charge on any atom is 0.173 e. The third-order valence-electron chi connectivity index (χ3n) is 2.89. The summed E-state index contributed by atoms with van der Waals surface area (Å²) in [5.74, 6) is -0.628. The van der Waals surface area contributed by atoms with Crippen LogP contribution >= 0.6 is 0 Å². The molecule has 84 valence electrons. The lowest BCUT2D eigenvalue weighted by molar-refractivity contribution is -0.337. The van der Waals surface area contributed by atoms with Gasteiger partial charge in [-0.25, -0.2) is 0 Å². The van der Waals surface area contributed by atoms with Gasteiger partial charge in [0.1, 0.15) is 0 Å². The van der Waals surface area contributed by atoms with E-state index in [1.165, 1.54) is 0 Å². The molecule has 0 bridgehead atoms. The van der Waals surface area contributed by atoms with Crippen molar-refractivity contribution < 1.29 is 19.7 Å². The highest BCUT2D eigenvalue weighted by Gasteiger charge is 2.55. The largest absolute Gasteiger partial charge is 0.396 e. The maximum atomic E-state index is 9.21. The van der Waals surface area contributed by atoms with Gasteiger partial charge in [0.15, 0.2) is 5.79 Å². The number of hydrogen-bond acceptors (Lipinski definition) is 4. The van der Waals surface area contributed by atoms with Crippen LogP contribution in [0.2, 0.25) is 0 Å². The molecule has 1 rings (SSSR count). The fourth-order valence-corrected chi connectivity index (χ4v) is 2.20. The summed E-state index contributed by atoms with van der Waals surface area (Å²) in [6, 6.07) is 0. The lowest BCUT2D eigenvalue weighted by Crippen LogP contribution is -2.60. The van der Waals surface area contributed by atoms with E-state index in [0.717, 1.165) is 0 Å². The number of hydrogen-bond donors (Lipinski definition) is 2. The Kier molecular flexibility index (Phi) is 4.31. The summed E-state index contributed by atoms with van der Waals surface area (Å²) in [6.45, 7) is 5.03. The Morgan fingerprint density at radius 1 is 1.14 bits per heavy atom. The first-order valence-electron chi connectivity index (χ1n) is 5.23. The Morgan fingerprint density at radius 3 is 2.07 bits per heavy atom. The maximum absolute atomic E-state index is 9.21. The summed E-state index contributed by atoms with van der Waals surface area (Å²) in [6.07, 6.45) is 0.677. The van der Waals surface area contributed by atoms with Gasteiger partial charge in [0.2, 0.25) is 0 Å². The zero-order valence-corrected chi connectivity index (χ0v) is 8.90. The van der Waals surface area contributed by atoms with E-state index in [-0.39, 0.29) is 25.0 Å². The highest BCUT2D eigenvalue weighted by molar-refractivity contribution is 4.97. The zero-order chi connectivity index (χ0) is 10.6. The molecule has 0 aromatic rings. The Morgan fingerprint density at radius 2 is 1.71 bits per heavy atom. The molecular formula is C10H20O4. The van der Waals surface area contributed by atoms with Crippen molar-refractivity contribution in [3.63, 3.8) is 0 Å². The van der Waals surface area contributed by atoms with Gasteiger partial charge in [-0.3, -0.25) is 0 Å². The molecule has 1 saturated carbocycles. The Hall–Kier alpha value is -0.160. The molecule has 1 aliphatic carbocycles. The van der Waals surface area contributed by atoms with Crippen molar-refractivity contribution in [3.8, 4) is 0 Å². The predicted molar refractivity (Wildman–Crippen MR) is 51.8 cm³/mol. The van der Waals surface area contributed by atoms with Gasteiger partial charge in [-0.05, 0) is 19.8 Å². The number of aliphatic hydroxyl groups excluding tert-OH is 2. The Bertz CT molecular complexity index is 166. The van der Waals surface area contributed by atoms with Gasteiger partial charge in [0.25, 0.3) is 0 Å². The third kappa shape index (κ3) is 1.93. The van der Waals surface area contributed by atoms with Crippen molar-refractivity contribution >= 4 is 0 Å². The zero-order valence-electron chi connectivity index (χ0n) is 8.90. The smallest absolute Gasteiger partial charge is 0.173 e. The van der Waals surface area contributed by atoms with Crippen LogP contribution in [0.3, 0.4) is 0 Å². The highest BCUT2D eigenvalue weighted by Crippen LogP contribution is 2.47. The van der Waals surface area contributed by atoms with E-state index in [2.05, 4.69) is 0 Å². The molecule has 0 spiro atoms. The van der Waals surface area contributed by atoms with Crippen LogP contribution in [0.25, 0.3) is 0 Å². The van der Waals surface area contributed by atoms with Crippen molar-refractivity contribution in [2.75, 3.05) is 26.4 Å². The summed E-state index contributed by atoms with van der Waals surface area (Å²) < 4.78 is 11.1. The van der Waals surface area contributed by atoms with Crippen LogP contribution in [0.5, 0.6) is 0 Å². The van der Waals surface area contributed by atoms with Crippen molar-refractivity contribution in [2.24, 2.45) is 11.8 Å². The minimum absolute atomic E-state index is 0.00519. The van der Waals surface area contributed by atoms with Crippen molar-refractivity contribution in [2.45, 2.75) is 26.1 Å². The topological polar surface area (TPSA) is 58.9 Å². The molecular weight excluding hydrogens is 184 g/mol. The van der Waals surface area contributed by atoms with E-state index in [1.54, 1.807) is 0 Å². The second-order valence-corrected chi connectivity index (χ2v) is 3.61. The first-order valence-corrected chi connectivity index (χ1v) is 5.23. The van der Waals surface area contributed by atoms with E-state index in [9.17, 15) is 5.11 Å². The van der Waals surface area contributed by atoms with Gasteiger partial charge in [-0.2, -0.15) is 0 Å². The van der Waals surface area contributed by atoms with Gasteiger partial charge in [0.05, 0.1) is 6.61 Å². The monoisotopic (exact) mass is 204 g/mol. The Labute approximate surface area is 84.8 Å². The number of ether oxygens (including phenoxy) is 2. The van der Waals surface area contributed by atoms with E-state index in [0.29, 0.717) is 19.6 Å². The molecule has 0 aromatic carbocycles. The summed E-state index contributed by atoms with van der Waals surface area (Å²) in [5, 5.41) is 18.2. The molecule has 0 saturated heterocycles. The average molecular weight is 204 g/mol. The van der Waals surface area contributed by atoms with Gasteiger partial charge in [-0.1, -0.05) is 0 Å². The quantitative estimate of drug-likeness (QED) is 0.614. The van der Waals surface area contributed by atoms with E-state index in [1.807, 2.05) is 13.8 Å². The molecule has 0 heterocycles. The number of rotatable bonds is 6. The fourth-order valence-electron chi connectivity index (χ4n) is 2.20. The molecule has 2 N–H and O–H groups in total. The summed E-state index contributed by atoms with van der Waals surface area (Å²) >= 11 is 0. The normalized spacial score (nSPS) is 30.0. The molecule has 14 heavy (non-hydrogen) atoms. The second kappa shape index (κ2) is 5.07. The molecule has 1 fully saturated rings. The third-order valence-corrected chi connectivity index (χ3v) is 2.89. The lowest BCUT2D eigenvalue weighted by atomic mass is 9.68. The summed E-state index contributed by atoms with van der Waals surface area (Å²) in [4.78, 5) is 0. The van der Waals surface area contributed by atoms with Crippen molar-refractivity contribution in [1.29, 1.82) is 0 Å². The van der Waals surface area contributed by atoms with Crippen LogP contribution in [0.1, 0.15) is 20.3 Å². The lowest BCUT2D eigenvalue weighted by Gasteiger charge is -2.52. The molecule has 4 heteroatoms. The van der Waals surface area contributed by atoms with Gasteiger partial charge in [-0.15, -0.1) is 0 Å². The van der Waals surface area contributed by atoms with Gasteiger partial charge in [0, 0.05) is 32.2 Å². The minimum Gasteiger partial charge on any atom is -0.396 e. The van der Waals surface area contributed by atoms with E-state index >= 15 is 0 Å². The van der Waals surface area contributed by atoms with E-state index in [4.69, 9.17) is 14.6 Å². The molecule has 2 unspecified atom stereocenters. The molecule has 0 aliphatic heterocycles.